The van der Waals surface area contributed by atoms with Gasteiger partial charge < -0.3 is 82.2 Å². The fourth-order valence-electron chi connectivity index (χ4n) is 14.0. The van der Waals surface area contributed by atoms with Crippen molar-refractivity contribution >= 4 is 48.2 Å². The second kappa shape index (κ2) is 61.6. The van der Waals surface area contributed by atoms with Crippen LogP contribution >= 0.6 is 0 Å². The molecule has 606 valence electrons. The van der Waals surface area contributed by atoms with Crippen molar-refractivity contribution in [2.75, 3.05) is 105 Å². The molecule has 101 heavy (non-hydrogen) atoms. The van der Waals surface area contributed by atoms with Gasteiger partial charge in [-0.1, -0.05) is 227 Å². The topological polar surface area (TPSA) is 274 Å². The normalized spacial score (nSPS) is 16.6. The van der Waals surface area contributed by atoms with Crippen LogP contribution < -0.4 is 10.6 Å². The van der Waals surface area contributed by atoms with Gasteiger partial charge in [0, 0.05) is 78.7 Å². The van der Waals surface area contributed by atoms with Gasteiger partial charge in [0.1, 0.15) is 18.3 Å². The third kappa shape index (κ3) is 60.3. The molecule has 0 aliphatic rings. The monoisotopic (exact) mass is 1530 g/mol. The van der Waals surface area contributed by atoms with Crippen LogP contribution in [0.1, 0.15) is 247 Å². The Kier molecular flexibility index (Phi) is 61.5. The van der Waals surface area contributed by atoms with E-state index in [4.69, 9.17) is 30.7 Å². The van der Waals surface area contributed by atoms with Crippen molar-refractivity contribution in [3.63, 3.8) is 0 Å². The highest BCUT2D eigenvalue weighted by Crippen LogP contribution is 2.35. The van der Waals surface area contributed by atoms with Crippen molar-refractivity contribution in [3.8, 4) is 0 Å². The van der Waals surface area contributed by atoms with E-state index in [1.807, 2.05) is 0 Å². The van der Waals surface area contributed by atoms with E-state index in [0.717, 1.165) is 44.9 Å². The number of unbranched alkanes of at least 4 members (excludes halogenated alkanes) is 30. The number of nitrogens with zero attached hydrogens (tertiary/aromatic N) is 2. The minimum Gasteiger partial charge on any atom is -0.437 e. The first-order valence-electron chi connectivity index (χ1n) is 41.2. The molecular weight excluding hydrogens is 1370 g/mol. The minimum absolute atomic E-state index is 0.0198. The molecule has 0 saturated heterocycles. The van der Waals surface area contributed by atoms with E-state index in [2.05, 4.69) is 121 Å². The summed E-state index contributed by atoms with van der Waals surface area (Å²) < 4.78 is 47.5. The number of hydrogen-bond donors (Lipinski definition) is 10. The summed E-state index contributed by atoms with van der Waals surface area (Å²) >= 11 is 0. The van der Waals surface area contributed by atoms with Crippen molar-refractivity contribution in [1.82, 2.24) is 20.4 Å². The first kappa shape index (κ1) is 101. The number of ether oxygens (including phenoxy) is 3. The molecule has 0 radical (unpaired) electrons. The number of aliphatic hydroxyl groups is 8. The number of carbonyl (C=O) groups is 1. The third-order valence-corrected chi connectivity index (χ3v) is 36.9. The Balaban J connectivity index is 6.59. The van der Waals surface area contributed by atoms with Gasteiger partial charge in [0.25, 0.3) is 5.91 Å². The lowest BCUT2D eigenvalue weighted by molar-refractivity contribution is -0.148. The largest absolute Gasteiger partial charge is 0.437 e. The van der Waals surface area contributed by atoms with Crippen LogP contribution in [0.25, 0.3) is 0 Å². The van der Waals surface area contributed by atoms with Crippen molar-refractivity contribution in [3.05, 3.63) is 0 Å². The van der Waals surface area contributed by atoms with Gasteiger partial charge in [-0.25, -0.2) is 0 Å². The highest BCUT2D eigenvalue weighted by molar-refractivity contribution is 6.91. The summed E-state index contributed by atoms with van der Waals surface area (Å²) in [5, 5.41) is 90.9. The number of nitrogens with one attached hydrogen (secondary N) is 2. The SMILES string of the molecule is CCCCCCCCCCCCCOCC(O)CNCCN(CC(C)C[Si](C)(O[Si](C)(C)C)O[Si](C)(CC(C)CN(CCNC(=O)C(O)C(O)C(O)C(O)CO)CC(O)COCCCCCCCCCCCCC)O[Si](C)(C)O[Si](C)(C)C)CC(O)COCCCCCCCCCCCCC. The van der Waals surface area contributed by atoms with Gasteiger partial charge in [-0.2, -0.15) is 0 Å². The maximum absolute atomic E-state index is 13.2. The number of carbonyl (C=O) groups excluding carboxylic acids is 1. The average Bonchev–Trinajstić information content (AvgIpc) is 0.798. The van der Waals surface area contributed by atoms with Gasteiger partial charge in [-0.05, 0) is 109 Å². The molecule has 0 aliphatic carbocycles. The fraction of sp³-hybridized carbons (Fsp3) is 0.987. The molecule has 10 N–H and O–H groups in total. The lowest BCUT2D eigenvalue weighted by Crippen LogP contribution is -2.61. The maximum Gasteiger partial charge on any atom is 0.317 e. The number of rotatable bonds is 75. The lowest BCUT2D eigenvalue weighted by Gasteiger charge is -2.46. The van der Waals surface area contributed by atoms with Gasteiger partial charge in [0.15, 0.2) is 22.7 Å². The predicted molar refractivity (Wildman–Crippen MR) is 429 cm³/mol. The molecule has 20 nitrogen and oxygen atoms in total. The minimum atomic E-state index is -3.28. The Morgan fingerprint density at radius 2 is 0.723 bits per heavy atom. The van der Waals surface area contributed by atoms with E-state index in [1.54, 1.807) is 0 Å². The molecule has 11 atom stereocenters. The van der Waals surface area contributed by atoms with Crippen molar-refractivity contribution in [1.29, 1.82) is 0 Å². The first-order chi connectivity index (χ1) is 47.8. The van der Waals surface area contributed by atoms with Gasteiger partial charge in [-0.3, -0.25) is 14.6 Å². The van der Waals surface area contributed by atoms with E-state index in [-0.39, 0.29) is 51.3 Å². The molecule has 0 aromatic heterocycles. The molecule has 1 amide bonds. The second-order valence-electron chi connectivity index (χ2n) is 32.9. The quantitative estimate of drug-likeness (QED) is 0.0200. The molecular formula is C76H166N4O16Si5. The molecule has 0 heterocycles. The fourth-order valence-corrected chi connectivity index (χ4v) is 38.7. The molecule has 25 heteroatoms. The van der Waals surface area contributed by atoms with Crippen molar-refractivity contribution in [2.45, 2.75) is 367 Å². The number of aliphatic hydroxyl groups excluding tert-OH is 8. The highest BCUT2D eigenvalue weighted by atomic mass is 28.5. The van der Waals surface area contributed by atoms with Gasteiger partial charge >= 0.3 is 25.7 Å². The summed E-state index contributed by atoms with van der Waals surface area (Å²) in [7, 11) is -13.7. The molecule has 0 bridgehead atoms. The van der Waals surface area contributed by atoms with Crippen LogP contribution in [0.5, 0.6) is 0 Å². The molecule has 0 fully saturated rings. The molecule has 0 aliphatic heterocycles. The van der Waals surface area contributed by atoms with Gasteiger partial charge in [-0.15, -0.1) is 0 Å². The lowest BCUT2D eigenvalue weighted by atomic mass is 10.0. The van der Waals surface area contributed by atoms with Crippen LogP contribution in [-0.4, -0.2) is 247 Å². The van der Waals surface area contributed by atoms with Crippen LogP contribution in [0.2, 0.25) is 77.6 Å². The van der Waals surface area contributed by atoms with Crippen LogP contribution in [0.3, 0.4) is 0 Å². The zero-order valence-corrected chi connectivity index (χ0v) is 73.0. The Bertz CT molecular complexity index is 1900. The Labute approximate surface area is 625 Å². The van der Waals surface area contributed by atoms with E-state index < -0.39 is 97.6 Å². The maximum atomic E-state index is 13.2. The van der Waals surface area contributed by atoms with E-state index >= 15 is 0 Å². The first-order valence-corrected chi connectivity index (χ1v) is 55.8. The van der Waals surface area contributed by atoms with E-state index in [9.17, 15) is 45.6 Å². The number of hydrogen-bond acceptors (Lipinski definition) is 19. The Morgan fingerprint density at radius 3 is 1.07 bits per heavy atom. The Morgan fingerprint density at radius 1 is 0.396 bits per heavy atom. The third-order valence-electron chi connectivity index (χ3n) is 18.3. The van der Waals surface area contributed by atoms with Crippen LogP contribution in [-0.2, 0) is 35.5 Å². The summed E-state index contributed by atoms with van der Waals surface area (Å²) in [6.07, 6.45) is 31.4. The van der Waals surface area contributed by atoms with Crippen LogP contribution in [0.15, 0.2) is 0 Å². The van der Waals surface area contributed by atoms with Crippen LogP contribution in [0, 0.1) is 11.8 Å². The zero-order chi connectivity index (χ0) is 75.9. The van der Waals surface area contributed by atoms with E-state index in [1.165, 1.54) is 167 Å². The molecule has 0 spiro atoms. The van der Waals surface area contributed by atoms with Gasteiger partial charge in [0.05, 0.1) is 44.7 Å². The van der Waals surface area contributed by atoms with Crippen molar-refractivity contribution < 1.29 is 76.3 Å². The molecule has 0 rings (SSSR count). The summed E-state index contributed by atoms with van der Waals surface area (Å²) in [5.41, 5.74) is 0. The number of amides is 1. The molecule has 0 saturated carbocycles. The summed E-state index contributed by atoms with van der Waals surface area (Å²) in [6, 6.07) is 1.21. The summed E-state index contributed by atoms with van der Waals surface area (Å²) in [6.45, 7) is 38.2. The molecule has 0 aromatic carbocycles. The zero-order valence-electron chi connectivity index (χ0n) is 68.0. The molecule has 0 aromatic rings. The van der Waals surface area contributed by atoms with Crippen LogP contribution in [0.4, 0.5) is 0 Å². The summed E-state index contributed by atoms with van der Waals surface area (Å²) in [5.74, 6) is -0.957. The average molecular weight is 1530 g/mol. The van der Waals surface area contributed by atoms with E-state index in [0.29, 0.717) is 71.2 Å². The standard InChI is InChI=1S/C76H166N4O16Si5/c1-16-19-22-25-28-31-34-37-40-43-46-53-90-62-69(82)56-77-49-51-79(59-70(83)63-91-54-47-44-41-38-35-32-29-26-23-20-17-2)57-67(4)65-100(14,94-98(9,10)11)96-101(15,95-99(12,13)93-97(6,7)8)66-68(5)58-80(52-50-78-76(89)75(88)74(87)73(86)72(85)61-81)60-71(84)64-92-55-48-45-42-39-36-33-30-27-24-21-18-3/h67-75,77,81-88H,16-66H2,1-15H3,(H,78,89). The Hall–Kier alpha value is -0.166. The van der Waals surface area contributed by atoms with Crippen molar-refractivity contribution in [2.24, 2.45) is 11.8 Å². The summed E-state index contributed by atoms with van der Waals surface area (Å²) in [4.78, 5) is 17.5. The smallest absolute Gasteiger partial charge is 0.317 e. The molecule has 11 unspecified atom stereocenters. The second-order valence-corrected chi connectivity index (χ2v) is 52.8. The highest BCUT2D eigenvalue weighted by Gasteiger charge is 2.50. The van der Waals surface area contributed by atoms with Gasteiger partial charge in [0.2, 0.25) is 0 Å². The predicted octanol–water partition coefficient (Wildman–Crippen LogP) is 13.7.